The highest BCUT2D eigenvalue weighted by Crippen LogP contribution is 2.47. The quantitative estimate of drug-likeness (QED) is 0.686. The van der Waals surface area contributed by atoms with Crippen LogP contribution >= 0.6 is 23.2 Å². The smallest absolute Gasteiger partial charge is 0.147 e. The highest BCUT2D eigenvalue weighted by Gasteiger charge is 2.46. The lowest BCUT2D eigenvalue weighted by atomic mass is 9.73. The predicted octanol–water partition coefficient (Wildman–Crippen LogP) is 3.95. The van der Waals surface area contributed by atoms with Crippen LogP contribution in [0.25, 0.3) is 11.3 Å². The van der Waals surface area contributed by atoms with Gasteiger partial charge in [0.05, 0.1) is 39.9 Å². The zero-order valence-corrected chi connectivity index (χ0v) is 16.7. The molecule has 5 rings (SSSR count). The average Bonchev–Trinajstić information content (AvgIpc) is 3.27. The van der Waals surface area contributed by atoms with E-state index < -0.39 is 0 Å². The lowest BCUT2D eigenvalue weighted by Crippen LogP contribution is -2.45. The Balaban J connectivity index is 1.31. The molecule has 6 nitrogen and oxygen atoms in total. The van der Waals surface area contributed by atoms with Crippen molar-refractivity contribution in [1.82, 2.24) is 19.7 Å². The number of anilines is 1. The van der Waals surface area contributed by atoms with Crippen LogP contribution in [0, 0.1) is 5.41 Å². The summed E-state index contributed by atoms with van der Waals surface area (Å²) < 4.78 is 2.06. The molecule has 4 heterocycles. The molecule has 0 radical (unpaired) electrons. The minimum atomic E-state index is 0.0515. The zero-order chi connectivity index (χ0) is 19.3. The fourth-order valence-corrected chi connectivity index (χ4v) is 4.82. The van der Waals surface area contributed by atoms with E-state index in [0.29, 0.717) is 15.7 Å². The first-order chi connectivity index (χ1) is 13.6. The summed E-state index contributed by atoms with van der Waals surface area (Å²) in [5, 5.41) is 5.42. The van der Waals surface area contributed by atoms with E-state index in [4.69, 9.17) is 28.9 Å². The van der Waals surface area contributed by atoms with Gasteiger partial charge in [-0.05, 0) is 25.0 Å². The Morgan fingerprint density at radius 3 is 2.61 bits per heavy atom. The third-order valence-electron chi connectivity index (χ3n) is 6.14. The number of aromatic nitrogens is 4. The third-order valence-corrected chi connectivity index (χ3v) is 6.96. The van der Waals surface area contributed by atoms with Gasteiger partial charge in [0, 0.05) is 36.8 Å². The number of nitrogens with two attached hydrogens (primary N) is 1. The highest BCUT2D eigenvalue weighted by atomic mass is 35.5. The van der Waals surface area contributed by atoms with E-state index in [2.05, 4.69) is 24.6 Å². The normalized spacial score (nSPS) is 20.5. The van der Waals surface area contributed by atoms with E-state index in [1.165, 1.54) is 0 Å². The van der Waals surface area contributed by atoms with Gasteiger partial charge >= 0.3 is 0 Å². The minimum Gasteiger partial charge on any atom is -0.355 e. The van der Waals surface area contributed by atoms with Gasteiger partial charge in [-0.3, -0.25) is 9.67 Å². The number of nitrogens with zero attached hydrogens (tertiary/aromatic N) is 5. The molecule has 2 aliphatic rings. The summed E-state index contributed by atoms with van der Waals surface area (Å²) in [5.41, 5.74) is 9.32. The maximum absolute atomic E-state index is 6.56. The predicted molar refractivity (Wildman–Crippen MR) is 111 cm³/mol. The van der Waals surface area contributed by atoms with Crippen LogP contribution in [-0.4, -0.2) is 32.8 Å². The molecule has 0 unspecified atom stereocenters. The van der Waals surface area contributed by atoms with E-state index in [1.54, 1.807) is 12.3 Å². The minimum absolute atomic E-state index is 0.0515. The first kappa shape index (κ1) is 17.9. The maximum Gasteiger partial charge on any atom is 0.147 e. The van der Waals surface area contributed by atoms with Crippen molar-refractivity contribution in [2.24, 2.45) is 11.1 Å². The van der Waals surface area contributed by atoms with Crippen molar-refractivity contribution in [1.29, 1.82) is 0 Å². The molecule has 0 aliphatic carbocycles. The van der Waals surface area contributed by atoms with Crippen molar-refractivity contribution in [3.63, 3.8) is 0 Å². The largest absolute Gasteiger partial charge is 0.355 e. The van der Waals surface area contributed by atoms with Gasteiger partial charge in [-0.15, -0.1) is 0 Å². The lowest BCUT2D eigenvalue weighted by Gasteiger charge is -2.41. The summed E-state index contributed by atoms with van der Waals surface area (Å²) in [7, 11) is 0. The van der Waals surface area contributed by atoms with Gasteiger partial charge in [0.25, 0.3) is 0 Å². The summed E-state index contributed by atoms with van der Waals surface area (Å²) >= 11 is 12.4. The van der Waals surface area contributed by atoms with Crippen LogP contribution in [0.1, 0.15) is 24.6 Å². The summed E-state index contributed by atoms with van der Waals surface area (Å²) in [5.74, 6) is 0.876. The van der Waals surface area contributed by atoms with Crippen LogP contribution in [0.5, 0.6) is 0 Å². The Hall–Kier alpha value is -2.15. The van der Waals surface area contributed by atoms with Crippen molar-refractivity contribution >= 4 is 29.0 Å². The summed E-state index contributed by atoms with van der Waals surface area (Å²) in [4.78, 5) is 11.5. The molecule has 8 heteroatoms. The van der Waals surface area contributed by atoms with Gasteiger partial charge in [0.1, 0.15) is 5.82 Å². The first-order valence-corrected chi connectivity index (χ1v) is 10.1. The molecule has 28 heavy (non-hydrogen) atoms. The van der Waals surface area contributed by atoms with Crippen LogP contribution in [-0.2, 0) is 6.54 Å². The van der Waals surface area contributed by atoms with Gasteiger partial charge in [0.2, 0.25) is 0 Å². The fourth-order valence-electron chi connectivity index (χ4n) is 4.43. The number of rotatable bonds is 2. The van der Waals surface area contributed by atoms with Gasteiger partial charge in [-0.1, -0.05) is 35.3 Å². The molecule has 3 aromatic rings. The summed E-state index contributed by atoms with van der Waals surface area (Å²) in [6, 6.07) is 7.61. The average molecular weight is 415 g/mol. The number of hydrogen-bond acceptors (Lipinski definition) is 5. The molecule has 0 amide bonds. The number of benzene rings is 1. The monoisotopic (exact) mass is 414 g/mol. The second kappa shape index (κ2) is 6.72. The van der Waals surface area contributed by atoms with Crippen LogP contribution in [0.4, 0.5) is 5.82 Å². The molecule has 1 atom stereocenters. The Morgan fingerprint density at radius 1 is 1.07 bits per heavy atom. The molecule has 0 bridgehead atoms. The number of hydrogen-bond donors (Lipinski definition) is 1. The van der Waals surface area contributed by atoms with E-state index in [1.807, 2.05) is 30.6 Å². The van der Waals surface area contributed by atoms with E-state index in [9.17, 15) is 0 Å². The molecule has 1 saturated heterocycles. The Labute approximate surface area is 173 Å². The van der Waals surface area contributed by atoms with Crippen LogP contribution in [0.3, 0.4) is 0 Å². The molecule has 2 aliphatic heterocycles. The van der Waals surface area contributed by atoms with E-state index >= 15 is 0 Å². The van der Waals surface area contributed by atoms with Crippen LogP contribution < -0.4 is 10.6 Å². The molecule has 1 spiro atoms. The molecule has 1 fully saturated rings. The van der Waals surface area contributed by atoms with Crippen molar-refractivity contribution < 1.29 is 0 Å². The SMILES string of the molecule is N[C@@H]1c2ccnn2CC12CCN(c1cnc(-c3cccc(Cl)c3Cl)cn1)CC2. The third kappa shape index (κ3) is 2.79. The van der Waals surface area contributed by atoms with Gasteiger partial charge in [-0.25, -0.2) is 4.98 Å². The summed E-state index contributed by atoms with van der Waals surface area (Å²) in [6.45, 7) is 2.72. The summed E-state index contributed by atoms with van der Waals surface area (Å²) in [6.07, 6.45) is 7.43. The number of fused-ring (bicyclic) bond motifs is 1. The maximum atomic E-state index is 6.56. The van der Waals surface area contributed by atoms with Crippen molar-refractivity contribution in [3.8, 4) is 11.3 Å². The van der Waals surface area contributed by atoms with Gasteiger partial charge < -0.3 is 10.6 Å². The molecule has 1 aromatic carbocycles. The first-order valence-electron chi connectivity index (χ1n) is 9.36. The lowest BCUT2D eigenvalue weighted by molar-refractivity contribution is 0.170. The van der Waals surface area contributed by atoms with E-state index in [-0.39, 0.29) is 11.5 Å². The standard InChI is InChI=1S/C20H20Cl2N6/c21-14-3-1-2-13(18(14)22)15-10-25-17(11-24-15)27-8-5-20(6-9-27)12-28-16(19(20)23)4-7-26-28/h1-4,7,10-11,19H,5-6,8-9,12,23H2/t19-/m1/s1. The van der Waals surface area contributed by atoms with Crippen molar-refractivity contribution in [2.75, 3.05) is 18.0 Å². The molecule has 0 saturated carbocycles. The molecular weight excluding hydrogens is 395 g/mol. The number of piperidine rings is 1. The Bertz CT molecular complexity index is 1010. The highest BCUT2D eigenvalue weighted by molar-refractivity contribution is 6.43. The number of halogens is 2. The molecule has 2 N–H and O–H groups in total. The van der Waals surface area contributed by atoms with Gasteiger partial charge in [-0.2, -0.15) is 5.10 Å². The molecule has 144 valence electrons. The van der Waals surface area contributed by atoms with Crippen LogP contribution in [0.15, 0.2) is 42.9 Å². The van der Waals surface area contributed by atoms with Crippen molar-refractivity contribution in [2.45, 2.75) is 25.4 Å². The molecule has 2 aromatic heterocycles. The Kier molecular flexibility index (Phi) is 4.30. The topological polar surface area (TPSA) is 72.9 Å². The zero-order valence-electron chi connectivity index (χ0n) is 15.2. The Morgan fingerprint density at radius 2 is 1.89 bits per heavy atom. The van der Waals surface area contributed by atoms with Crippen molar-refractivity contribution in [3.05, 3.63) is 58.6 Å². The second-order valence-corrected chi connectivity index (χ2v) is 8.39. The molecular formula is C20H20Cl2N6. The van der Waals surface area contributed by atoms with Crippen LogP contribution in [0.2, 0.25) is 10.0 Å². The van der Waals surface area contributed by atoms with E-state index in [0.717, 1.165) is 49.6 Å². The second-order valence-electron chi connectivity index (χ2n) is 7.60. The fraction of sp³-hybridized carbons (Fsp3) is 0.350. The van der Waals surface area contributed by atoms with Gasteiger partial charge in [0.15, 0.2) is 0 Å².